The van der Waals surface area contributed by atoms with Crippen molar-refractivity contribution in [3.05, 3.63) is 17.8 Å². The van der Waals surface area contributed by atoms with Gasteiger partial charge >= 0.3 is 0 Å². The fourth-order valence-corrected chi connectivity index (χ4v) is 1.88. The van der Waals surface area contributed by atoms with Crippen LogP contribution in [0.5, 0.6) is 5.88 Å². The second kappa shape index (κ2) is 5.09. The lowest BCUT2D eigenvalue weighted by molar-refractivity contribution is 0.0956. The number of nitrogens with two attached hydrogens (primary N) is 1. The summed E-state index contributed by atoms with van der Waals surface area (Å²) in [6, 6.07) is 3.47. The first-order valence-electron chi connectivity index (χ1n) is 5.67. The third-order valence-electron chi connectivity index (χ3n) is 2.81. The van der Waals surface area contributed by atoms with Crippen LogP contribution in [-0.2, 0) is 0 Å². The van der Waals surface area contributed by atoms with Gasteiger partial charge in [-0.1, -0.05) is 0 Å². The summed E-state index contributed by atoms with van der Waals surface area (Å²) in [5.41, 5.74) is 6.07. The zero-order valence-electron chi connectivity index (χ0n) is 9.72. The second-order valence-electron chi connectivity index (χ2n) is 4.15. The van der Waals surface area contributed by atoms with E-state index in [1.165, 1.54) is 0 Å². The van der Waals surface area contributed by atoms with E-state index in [4.69, 9.17) is 10.5 Å². The molecule has 0 aromatic carbocycles. The van der Waals surface area contributed by atoms with Gasteiger partial charge in [-0.2, -0.15) is 0 Å². The quantitative estimate of drug-likeness (QED) is 0.776. The zero-order valence-corrected chi connectivity index (χ0v) is 9.72. The molecule has 3 N–H and O–H groups in total. The molecule has 0 saturated heterocycles. The zero-order chi connectivity index (χ0) is 12.3. The highest BCUT2D eigenvalue weighted by atomic mass is 16.5. The third-order valence-corrected chi connectivity index (χ3v) is 2.81. The van der Waals surface area contributed by atoms with E-state index in [-0.39, 0.29) is 23.7 Å². The van der Waals surface area contributed by atoms with Crippen LogP contribution in [0, 0.1) is 0 Å². The Balaban J connectivity index is 1.96. The summed E-state index contributed by atoms with van der Waals surface area (Å²) in [5.74, 6) is 0.184. The van der Waals surface area contributed by atoms with Crippen molar-refractivity contribution < 1.29 is 9.53 Å². The number of ether oxygens (including phenoxy) is 1. The number of hydrogen-bond acceptors (Lipinski definition) is 5. The molecule has 6 nitrogen and oxygen atoms in total. The first-order valence-corrected chi connectivity index (χ1v) is 5.67. The van der Waals surface area contributed by atoms with Crippen LogP contribution in [0.1, 0.15) is 29.8 Å². The maximum absolute atomic E-state index is 11.2. The molecule has 92 valence electrons. The maximum Gasteiger partial charge on any atom is 0.271 e. The summed E-state index contributed by atoms with van der Waals surface area (Å²) in [6.07, 6.45) is 2.89. The minimum Gasteiger partial charge on any atom is -0.473 e. The van der Waals surface area contributed by atoms with Gasteiger partial charge < -0.3 is 15.8 Å². The van der Waals surface area contributed by atoms with Crippen molar-refractivity contribution in [2.24, 2.45) is 5.73 Å². The first kappa shape index (κ1) is 11.8. The third kappa shape index (κ3) is 2.91. The van der Waals surface area contributed by atoms with Gasteiger partial charge in [-0.05, 0) is 25.3 Å². The van der Waals surface area contributed by atoms with E-state index in [1.54, 1.807) is 19.2 Å². The minimum atomic E-state index is -0.257. The summed E-state index contributed by atoms with van der Waals surface area (Å²) in [6.45, 7) is 0. The highest BCUT2D eigenvalue weighted by molar-refractivity contribution is 5.91. The molecule has 2 atom stereocenters. The van der Waals surface area contributed by atoms with Gasteiger partial charge in [0.2, 0.25) is 5.88 Å². The van der Waals surface area contributed by atoms with Gasteiger partial charge in [0.25, 0.3) is 5.91 Å². The summed E-state index contributed by atoms with van der Waals surface area (Å²) in [5, 5.41) is 10.1. The number of rotatable bonds is 3. The Labute approximate surface area is 99.6 Å². The van der Waals surface area contributed by atoms with Crippen LogP contribution in [-0.4, -0.2) is 35.3 Å². The molecule has 1 aromatic heterocycles. The molecule has 0 bridgehead atoms. The van der Waals surface area contributed by atoms with E-state index in [9.17, 15) is 4.79 Å². The molecule has 17 heavy (non-hydrogen) atoms. The van der Waals surface area contributed by atoms with Crippen molar-refractivity contribution in [2.75, 3.05) is 7.05 Å². The second-order valence-corrected chi connectivity index (χ2v) is 4.15. The normalized spacial score (nSPS) is 23.4. The molecule has 1 aliphatic carbocycles. The summed E-state index contributed by atoms with van der Waals surface area (Å²) in [7, 11) is 1.55. The van der Waals surface area contributed by atoms with Crippen LogP contribution >= 0.6 is 0 Å². The Morgan fingerprint density at radius 2 is 2.29 bits per heavy atom. The van der Waals surface area contributed by atoms with Gasteiger partial charge in [0.05, 0.1) is 0 Å². The van der Waals surface area contributed by atoms with Gasteiger partial charge in [-0.15, -0.1) is 10.2 Å². The SMILES string of the molecule is CNC(=O)c1ccc(OC2CCC(N)C2)nn1. The molecule has 1 saturated carbocycles. The highest BCUT2D eigenvalue weighted by Gasteiger charge is 2.23. The van der Waals surface area contributed by atoms with Gasteiger partial charge in [0.1, 0.15) is 6.10 Å². The number of nitrogens with zero attached hydrogens (tertiary/aromatic N) is 2. The van der Waals surface area contributed by atoms with Gasteiger partial charge in [-0.3, -0.25) is 4.79 Å². The number of carbonyl (C=O) groups excluding carboxylic acids is 1. The smallest absolute Gasteiger partial charge is 0.271 e. The lowest BCUT2D eigenvalue weighted by atomic mass is 10.3. The molecule has 0 aliphatic heterocycles. The lowest BCUT2D eigenvalue weighted by Crippen LogP contribution is -2.21. The van der Waals surface area contributed by atoms with Crippen LogP contribution in [0.3, 0.4) is 0 Å². The van der Waals surface area contributed by atoms with E-state index in [2.05, 4.69) is 15.5 Å². The Bertz CT molecular complexity index is 393. The Morgan fingerprint density at radius 1 is 1.47 bits per heavy atom. The maximum atomic E-state index is 11.2. The largest absolute Gasteiger partial charge is 0.473 e. The standard InChI is InChI=1S/C11H16N4O2/c1-13-11(16)9-4-5-10(15-14-9)17-8-3-2-7(12)6-8/h4-5,7-8H,2-3,6,12H2,1H3,(H,13,16). The number of amides is 1. The number of aromatic nitrogens is 2. The van der Waals surface area contributed by atoms with E-state index < -0.39 is 0 Å². The lowest BCUT2D eigenvalue weighted by Gasteiger charge is -2.11. The molecule has 2 rings (SSSR count). The molecule has 1 aliphatic rings. The molecule has 1 aromatic rings. The van der Waals surface area contributed by atoms with E-state index in [0.717, 1.165) is 19.3 Å². The molecular weight excluding hydrogens is 220 g/mol. The summed E-state index contributed by atoms with van der Waals surface area (Å²) in [4.78, 5) is 11.2. The van der Waals surface area contributed by atoms with Crippen molar-refractivity contribution in [1.82, 2.24) is 15.5 Å². The summed E-state index contributed by atoms with van der Waals surface area (Å²) >= 11 is 0. The molecule has 1 heterocycles. The highest BCUT2D eigenvalue weighted by Crippen LogP contribution is 2.21. The number of carbonyl (C=O) groups is 1. The molecule has 0 spiro atoms. The van der Waals surface area contributed by atoms with E-state index >= 15 is 0 Å². The number of nitrogens with one attached hydrogen (secondary N) is 1. The van der Waals surface area contributed by atoms with Gasteiger partial charge in [-0.25, -0.2) is 0 Å². The topological polar surface area (TPSA) is 90.1 Å². The van der Waals surface area contributed by atoms with Crippen LogP contribution in [0.25, 0.3) is 0 Å². The van der Waals surface area contributed by atoms with E-state index in [0.29, 0.717) is 5.88 Å². The van der Waals surface area contributed by atoms with Crippen LogP contribution in [0.4, 0.5) is 0 Å². The Kier molecular flexibility index (Phi) is 3.53. The van der Waals surface area contributed by atoms with Crippen molar-refractivity contribution in [3.63, 3.8) is 0 Å². The predicted molar refractivity (Wildman–Crippen MR) is 61.7 cm³/mol. The van der Waals surface area contributed by atoms with Gasteiger partial charge in [0, 0.05) is 19.2 Å². The molecular formula is C11H16N4O2. The average Bonchev–Trinajstić information content (AvgIpc) is 2.75. The minimum absolute atomic E-state index is 0.116. The van der Waals surface area contributed by atoms with Crippen molar-refractivity contribution in [2.45, 2.75) is 31.4 Å². The molecule has 1 fully saturated rings. The van der Waals surface area contributed by atoms with E-state index in [1.807, 2.05) is 0 Å². The molecule has 0 radical (unpaired) electrons. The van der Waals surface area contributed by atoms with Gasteiger partial charge in [0.15, 0.2) is 5.69 Å². The van der Waals surface area contributed by atoms with Crippen LogP contribution in [0.15, 0.2) is 12.1 Å². The first-order chi connectivity index (χ1) is 8.19. The van der Waals surface area contributed by atoms with Crippen LogP contribution < -0.4 is 15.8 Å². The average molecular weight is 236 g/mol. The van der Waals surface area contributed by atoms with Crippen molar-refractivity contribution >= 4 is 5.91 Å². The van der Waals surface area contributed by atoms with Crippen molar-refractivity contribution in [3.8, 4) is 5.88 Å². The monoisotopic (exact) mass is 236 g/mol. The van der Waals surface area contributed by atoms with Crippen LogP contribution in [0.2, 0.25) is 0 Å². The fraction of sp³-hybridized carbons (Fsp3) is 0.545. The number of hydrogen-bond donors (Lipinski definition) is 2. The molecule has 2 unspecified atom stereocenters. The predicted octanol–water partition coefficient (Wildman–Crippen LogP) is 0.0948. The Morgan fingerprint density at radius 3 is 2.82 bits per heavy atom. The fourth-order valence-electron chi connectivity index (χ4n) is 1.88. The summed E-state index contributed by atoms with van der Waals surface area (Å²) < 4.78 is 5.63. The Hall–Kier alpha value is -1.69. The molecule has 1 amide bonds. The van der Waals surface area contributed by atoms with Crippen molar-refractivity contribution in [1.29, 1.82) is 0 Å². The molecule has 6 heteroatoms.